The molecule has 0 aliphatic carbocycles. The Morgan fingerprint density at radius 2 is 1.86 bits per heavy atom. The third-order valence-corrected chi connectivity index (χ3v) is 4.51. The molecule has 0 atom stereocenters. The van der Waals surface area contributed by atoms with E-state index in [1.54, 1.807) is 25.1 Å². The zero-order valence-electron chi connectivity index (χ0n) is 11.0. The molecule has 0 amide bonds. The van der Waals surface area contributed by atoms with Crippen molar-refractivity contribution in [2.45, 2.75) is 11.8 Å². The molecule has 7 heteroatoms. The number of aryl methyl sites for hydroxylation is 1. The number of carbonyl (C=O) groups is 1. The molecule has 0 aliphatic heterocycles. The van der Waals surface area contributed by atoms with Gasteiger partial charge in [-0.2, -0.15) is 0 Å². The van der Waals surface area contributed by atoms with E-state index in [0.29, 0.717) is 5.56 Å². The summed E-state index contributed by atoms with van der Waals surface area (Å²) < 4.78 is 27.0. The van der Waals surface area contributed by atoms with E-state index < -0.39 is 16.0 Å². The van der Waals surface area contributed by atoms with E-state index >= 15 is 0 Å². The van der Waals surface area contributed by atoms with Crippen LogP contribution >= 0.6 is 11.6 Å². The zero-order chi connectivity index (χ0) is 15.6. The van der Waals surface area contributed by atoms with Crippen LogP contribution in [0.5, 0.6) is 0 Å². The van der Waals surface area contributed by atoms with E-state index in [9.17, 15) is 13.2 Å². The first kappa shape index (κ1) is 15.3. The summed E-state index contributed by atoms with van der Waals surface area (Å²) >= 11 is 5.98. The summed E-state index contributed by atoms with van der Waals surface area (Å²) in [5, 5.41) is 9.19. The van der Waals surface area contributed by atoms with E-state index in [0.717, 1.165) is 6.07 Å². The van der Waals surface area contributed by atoms with Crippen LogP contribution in [-0.2, 0) is 10.0 Å². The third-order valence-electron chi connectivity index (χ3n) is 2.85. The van der Waals surface area contributed by atoms with Gasteiger partial charge < -0.3 is 5.11 Å². The van der Waals surface area contributed by atoms with Crippen molar-refractivity contribution in [3.63, 3.8) is 0 Å². The Morgan fingerprint density at radius 1 is 1.19 bits per heavy atom. The highest BCUT2D eigenvalue weighted by molar-refractivity contribution is 7.92. The van der Waals surface area contributed by atoms with Gasteiger partial charge >= 0.3 is 5.97 Å². The van der Waals surface area contributed by atoms with Crippen molar-refractivity contribution in [2.24, 2.45) is 0 Å². The van der Waals surface area contributed by atoms with Gasteiger partial charge in [-0.3, -0.25) is 4.72 Å². The summed E-state index contributed by atoms with van der Waals surface area (Å²) in [5.41, 5.74) is 0.842. The maximum absolute atomic E-state index is 12.3. The van der Waals surface area contributed by atoms with Gasteiger partial charge in [0.25, 0.3) is 10.0 Å². The minimum absolute atomic E-state index is 0.103. The van der Waals surface area contributed by atoms with E-state index in [1.807, 2.05) is 0 Å². The highest BCUT2D eigenvalue weighted by Crippen LogP contribution is 2.28. The summed E-state index contributed by atoms with van der Waals surface area (Å²) in [7, 11) is -3.91. The van der Waals surface area contributed by atoms with Crippen molar-refractivity contribution >= 4 is 33.3 Å². The zero-order valence-corrected chi connectivity index (χ0v) is 12.6. The number of hydrogen-bond acceptors (Lipinski definition) is 3. The molecule has 0 fully saturated rings. The van der Waals surface area contributed by atoms with Gasteiger partial charge in [-0.1, -0.05) is 29.8 Å². The molecular weight excluding hydrogens is 314 g/mol. The normalized spacial score (nSPS) is 11.1. The highest BCUT2D eigenvalue weighted by Gasteiger charge is 2.18. The number of halogens is 1. The van der Waals surface area contributed by atoms with Gasteiger partial charge in [0.2, 0.25) is 0 Å². The number of benzene rings is 2. The second-order valence-electron chi connectivity index (χ2n) is 4.37. The van der Waals surface area contributed by atoms with Gasteiger partial charge in [0, 0.05) is 0 Å². The first-order valence-corrected chi connectivity index (χ1v) is 7.78. The Bertz CT molecular complexity index is 782. The number of para-hydroxylation sites is 1. The SMILES string of the molecule is Cc1cccc(Cl)c1NS(=O)(=O)c1cccc(C(=O)O)c1. The maximum Gasteiger partial charge on any atom is 0.335 e. The van der Waals surface area contributed by atoms with Crippen molar-refractivity contribution in [1.29, 1.82) is 0 Å². The summed E-state index contributed by atoms with van der Waals surface area (Å²) in [6, 6.07) is 10.1. The summed E-state index contributed by atoms with van der Waals surface area (Å²) in [6.45, 7) is 1.72. The molecule has 2 aromatic carbocycles. The van der Waals surface area contributed by atoms with Crippen LogP contribution in [0.1, 0.15) is 15.9 Å². The second kappa shape index (κ2) is 5.75. The Labute approximate surface area is 127 Å². The van der Waals surface area contributed by atoms with E-state index in [2.05, 4.69) is 4.72 Å². The molecule has 0 bridgehead atoms. The van der Waals surface area contributed by atoms with Gasteiger partial charge in [-0.15, -0.1) is 0 Å². The summed E-state index contributed by atoms with van der Waals surface area (Å²) in [6.07, 6.45) is 0. The predicted molar refractivity (Wildman–Crippen MR) is 80.4 cm³/mol. The quantitative estimate of drug-likeness (QED) is 0.904. The van der Waals surface area contributed by atoms with E-state index in [4.69, 9.17) is 16.7 Å². The molecule has 0 aliphatic rings. The molecule has 0 spiro atoms. The molecule has 0 heterocycles. The van der Waals surface area contributed by atoms with Crippen LogP contribution in [0.2, 0.25) is 5.02 Å². The third kappa shape index (κ3) is 3.34. The molecule has 0 unspecified atom stereocenters. The Morgan fingerprint density at radius 3 is 2.48 bits per heavy atom. The number of rotatable bonds is 4. The molecule has 0 radical (unpaired) electrons. The van der Waals surface area contributed by atoms with Gasteiger partial charge in [0.05, 0.1) is 21.2 Å². The first-order valence-electron chi connectivity index (χ1n) is 5.92. The fourth-order valence-electron chi connectivity index (χ4n) is 1.75. The average molecular weight is 326 g/mol. The number of nitrogens with one attached hydrogen (secondary N) is 1. The van der Waals surface area contributed by atoms with Gasteiger partial charge in [0.15, 0.2) is 0 Å². The lowest BCUT2D eigenvalue weighted by Crippen LogP contribution is -2.14. The lowest BCUT2D eigenvalue weighted by molar-refractivity contribution is 0.0696. The Hall–Kier alpha value is -2.05. The number of sulfonamides is 1. The maximum atomic E-state index is 12.3. The molecule has 0 aromatic heterocycles. The summed E-state index contributed by atoms with van der Waals surface area (Å²) in [5.74, 6) is -1.19. The lowest BCUT2D eigenvalue weighted by Gasteiger charge is -2.12. The molecule has 0 saturated carbocycles. The molecule has 2 rings (SSSR count). The van der Waals surface area contributed by atoms with Crippen LogP contribution in [-0.4, -0.2) is 19.5 Å². The van der Waals surface area contributed by atoms with Crippen LogP contribution in [0.3, 0.4) is 0 Å². The molecule has 0 saturated heterocycles. The molecular formula is C14H12ClNO4S. The number of carboxylic acids is 1. The van der Waals surface area contributed by atoms with Gasteiger partial charge in [0.1, 0.15) is 0 Å². The number of hydrogen-bond donors (Lipinski definition) is 2. The molecule has 2 aromatic rings. The predicted octanol–water partition coefficient (Wildman–Crippen LogP) is 3.15. The van der Waals surface area contributed by atoms with Crippen molar-refractivity contribution in [3.8, 4) is 0 Å². The topological polar surface area (TPSA) is 83.5 Å². The van der Waals surface area contributed by atoms with Crippen molar-refractivity contribution in [2.75, 3.05) is 4.72 Å². The first-order chi connectivity index (χ1) is 9.81. The van der Waals surface area contributed by atoms with E-state index in [-0.39, 0.29) is 21.2 Å². The van der Waals surface area contributed by atoms with Crippen LogP contribution in [0.4, 0.5) is 5.69 Å². The van der Waals surface area contributed by atoms with Crippen LogP contribution in [0.25, 0.3) is 0 Å². The fraction of sp³-hybridized carbons (Fsp3) is 0.0714. The van der Waals surface area contributed by atoms with E-state index in [1.165, 1.54) is 18.2 Å². The molecule has 110 valence electrons. The standard InChI is InChI=1S/C14H12ClNO4S/c1-9-4-2-7-12(15)13(9)16-21(19,20)11-6-3-5-10(8-11)14(17)18/h2-8,16H,1H3,(H,17,18). The highest BCUT2D eigenvalue weighted by atomic mass is 35.5. The van der Waals surface area contributed by atoms with Crippen LogP contribution in [0, 0.1) is 6.92 Å². The van der Waals surface area contributed by atoms with Gasteiger partial charge in [-0.25, -0.2) is 13.2 Å². The average Bonchev–Trinajstić information content (AvgIpc) is 2.43. The van der Waals surface area contributed by atoms with Crippen molar-refractivity contribution in [1.82, 2.24) is 0 Å². The van der Waals surface area contributed by atoms with Crippen LogP contribution < -0.4 is 4.72 Å². The lowest BCUT2D eigenvalue weighted by atomic mass is 10.2. The Kier molecular flexibility index (Phi) is 4.20. The molecule has 5 nitrogen and oxygen atoms in total. The Balaban J connectivity index is 2.44. The molecule has 21 heavy (non-hydrogen) atoms. The number of anilines is 1. The van der Waals surface area contributed by atoms with Crippen LogP contribution in [0.15, 0.2) is 47.4 Å². The fourth-order valence-corrected chi connectivity index (χ4v) is 3.27. The smallest absolute Gasteiger partial charge is 0.335 e. The minimum atomic E-state index is -3.91. The largest absolute Gasteiger partial charge is 0.478 e. The van der Waals surface area contributed by atoms with Crippen molar-refractivity contribution in [3.05, 3.63) is 58.6 Å². The minimum Gasteiger partial charge on any atom is -0.478 e. The number of aromatic carboxylic acids is 1. The second-order valence-corrected chi connectivity index (χ2v) is 6.46. The summed E-state index contributed by atoms with van der Waals surface area (Å²) in [4.78, 5) is 10.8. The molecule has 2 N–H and O–H groups in total. The van der Waals surface area contributed by atoms with Crippen molar-refractivity contribution < 1.29 is 18.3 Å². The number of carboxylic acid groups (broad SMARTS) is 1. The monoisotopic (exact) mass is 325 g/mol. The van der Waals surface area contributed by atoms with Gasteiger partial charge in [-0.05, 0) is 36.8 Å².